The molecule has 0 bridgehead atoms. The van der Waals surface area contributed by atoms with E-state index in [1.165, 1.54) is 24.3 Å². The first kappa shape index (κ1) is 24.6. The van der Waals surface area contributed by atoms with Crippen LogP contribution < -0.4 is 14.9 Å². The maximum absolute atomic E-state index is 13.0. The number of nitrogens with one attached hydrogen (secondary N) is 2. The zero-order valence-corrected chi connectivity index (χ0v) is 20.1. The average molecular weight is 496 g/mol. The van der Waals surface area contributed by atoms with Crippen LogP contribution in [0.5, 0.6) is 0 Å². The van der Waals surface area contributed by atoms with Gasteiger partial charge in [0.1, 0.15) is 5.82 Å². The summed E-state index contributed by atoms with van der Waals surface area (Å²) in [5, 5.41) is 2.79. The predicted octanol–water partition coefficient (Wildman–Crippen LogP) is 4.03. The predicted molar refractivity (Wildman–Crippen MR) is 132 cm³/mol. The summed E-state index contributed by atoms with van der Waals surface area (Å²) >= 11 is 0. The summed E-state index contributed by atoms with van der Waals surface area (Å²) in [4.78, 5) is 26.5. The molecule has 4 rings (SSSR count). The maximum Gasteiger partial charge on any atom is 0.255 e. The second kappa shape index (κ2) is 10.4. The minimum absolute atomic E-state index is 0.0183. The molecule has 3 aromatic rings. The monoisotopic (exact) mass is 495 g/mol. The Balaban J connectivity index is 1.42. The fraction of sp³-hybridized carbons (Fsp3) is 0.231. The highest BCUT2D eigenvalue weighted by Crippen LogP contribution is 2.24. The molecule has 1 fully saturated rings. The molecule has 1 aliphatic rings. The topological polar surface area (TPSA) is 95.6 Å². The molecule has 0 aromatic heterocycles. The number of benzene rings is 3. The number of anilines is 2. The molecule has 0 atom stereocenters. The number of halogens is 1. The van der Waals surface area contributed by atoms with Crippen LogP contribution in [-0.2, 0) is 21.2 Å². The Kier molecular flexibility index (Phi) is 7.28. The van der Waals surface area contributed by atoms with Crippen molar-refractivity contribution in [3.63, 3.8) is 0 Å². The number of carbonyl (C=O) groups excluding carboxylic acids is 2. The van der Waals surface area contributed by atoms with Gasteiger partial charge in [0, 0.05) is 36.4 Å². The van der Waals surface area contributed by atoms with E-state index < -0.39 is 15.9 Å². The van der Waals surface area contributed by atoms with Crippen molar-refractivity contribution in [1.29, 1.82) is 0 Å². The molecule has 182 valence electrons. The number of aryl methyl sites for hydroxylation is 1. The Bertz CT molecular complexity index is 1340. The molecule has 0 unspecified atom stereocenters. The minimum atomic E-state index is -3.85. The van der Waals surface area contributed by atoms with Crippen LogP contribution in [0.4, 0.5) is 15.8 Å². The van der Waals surface area contributed by atoms with E-state index >= 15 is 0 Å². The van der Waals surface area contributed by atoms with Crippen molar-refractivity contribution in [2.75, 3.05) is 23.3 Å². The summed E-state index contributed by atoms with van der Waals surface area (Å²) in [5.41, 5.74) is 2.99. The normalized spacial score (nSPS) is 13.8. The molecule has 2 amide bonds. The van der Waals surface area contributed by atoms with Crippen molar-refractivity contribution < 1.29 is 22.4 Å². The minimum Gasteiger partial charge on any atom is -0.322 e. The smallest absolute Gasteiger partial charge is 0.255 e. The van der Waals surface area contributed by atoms with E-state index in [0.29, 0.717) is 30.6 Å². The lowest BCUT2D eigenvalue weighted by Gasteiger charge is -2.16. The molecule has 0 saturated carbocycles. The number of nitrogens with zero attached hydrogens (tertiary/aromatic N) is 1. The van der Waals surface area contributed by atoms with Gasteiger partial charge in [-0.25, -0.2) is 17.5 Å². The number of carbonyl (C=O) groups is 2. The molecule has 1 saturated heterocycles. The second-order valence-electron chi connectivity index (χ2n) is 8.40. The Morgan fingerprint density at radius 1 is 1.03 bits per heavy atom. The lowest BCUT2D eigenvalue weighted by Crippen LogP contribution is -2.26. The SMILES string of the molecule is Cc1ccc(S(=O)(=O)NCCc2ccc(F)cc2)cc1C(=O)Nc1ccc(N2CCCC2=O)cc1. The van der Waals surface area contributed by atoms with Crippen LogP contribution in [0.3, 0.4) is 0 Å². The summed E-state index contributed by atoms with van der Waals surface area (Å²) < 4.78 is 41.1. The van der Waals surface area contributed by atoms with Crippen molar-refractivity contribution in [1.82, 2.24) is 4.72 Å². The lowest BCUT2D eigenvalue weighted by atomic mass is 10.1. The third kappa shape index (κ3) is 5.93. The molecular formula is C26H26FN3O4S. The highest BCUT2D eigenvalue weighted by Gasteiger charge is 2.22. The van der Waals surface area contributed by atoms with Gasteiger partial charge in [0.05, 0.1) is 4.90 Å². The first-order valence-corrected chi connectivity index (χ1v) is 12.8. The molecule has 1 aliphatic heterocycles. The largest absolute Gasteiger partial charge is 0.322 e. The van der Waals surface area contributed by atoms with Crippen LogP contribution >= 0.6 is 0 Å². The van der Waals surface area contributed by atoms with Gasteiger partial charge in [-0.1, -0.05) is 18.2 Å². The van der Waals surface area contributed by atoms with Gasteiger partial charge in [-0.2, -0.15) is 0 Å². The van der Waals surface area contributed by atoms with Crippen molar-refractivity contribution >= 4 is 33.2 Å². The van der Waals surface area contributed by atoms with Gasteiger partial charge in [0.2, 0.25) is 15.9 Å². The number of hydrogen-bond acceptors (Lipinski definition) is 4. The highest BCUT2D eigenvalue weighted by atomic mass is 32.2. The van der Waals surface area contributed by atoms with Gasteiger partial charge < -0.3 is 10.2 Å². The van der Waals surface area contributed by atoms with Gasteiger partial charge in [0.15, 0.2) is 0 Å². The fourth-order valence-corrected chi connectivity index (χ4v) is 4.98. The molecule has 0 radical (unpaired) electrons. The van der Waals surface area contributed by atoms with Crippen LogP contribution in [0, 0.1) is 12.7 Å². The van der Waals surface area contributed by atoms with Crippen molar-refractivity contribution in [3.8, 4) is 0 Å². The first-order chi connectivity index (χ1) is 16.7. The Morgan fingerprint density at radius 3 is 2.40 bits per heavy atom. The van der Waals surface area contributed by atoms with Crippen molar-refractivity contribution in [3.05, 3.63) is 89.2 Å². The lowest BCUT2D eigenvalue weighted by molar-refractivity contribution is -0.117. The van der Waals surface area contributed by atoms with Crippen LogP contribution in [0.2, 0.25) is 0 Å². The van der Waals surface area contributed by atoms with Gasteiger partial charge in [-0.3, -0.25) is 9.59 Å². The van der Waals surface area contributed by atoms with Gasteiger partial charge in [0.25, 0.3) is 5.91 Å². The van der Waals surface area contributed by atoms with E-state index in [0.717, 1.165) is 17.7 Å². The zero-order chi connectivity index (χ0) is 25.0. The van der Waals surface area contributed by atoms with E-state index in [4.69, 9.17) is 0 Å². The van der Waals surface area contributed by atoms with E-state index in [1.54, 1.807) is 54.3 Å². The van der Waals surface area contributed by atoms with E-state index in [1.807, 2.05) is 0 Å². The third-order valence-corrected chi connectivity index (χ3v) is 7.35. The molecule has 35 heavy (non-hydrogen) atoms. The van der Waals surface area contributed by atoms with Crippen LogP contribution in [0.1, 0.15) is 34.3 Å². The van der Waals surface area contributed by atoms with E-state index in [2.05, 4.69) is 10.0 Å². The zero-order valence-electron chi connectivity index (χ0n) is 19.3. The fourth-order valence-electron chi connectivity index (χ4n) is 3.92. The molecule has 1 heterocycles. The summed E-state index contributed by atoms with van der Waals surface area (Å²) in [6.45, 7) is 2.55. The molecule has 7 nitrogen and oxygen atoms in total. The van der Waals surface area contributed by atoms with Crippen molar-refractivity contribution in [2.24, 2.45) is 0 Å². The number of sulfonamides is 1. The summed E-state index contributed by atoms with van der Waals surface area (Å²) in [6.07, 6.45) is 1.77. The van der Waals surface area contributed by atoms with E-state index in [-0.39, 0.29) is 28.7 Å². The van der Waals surface area contributed by atoms with Crippen LogP contribution in [0.25, 0.3) is 0 Å². The highest BCUT2D eigenvalue weighted by molar-refractivity contribution is 7.89. The number of hydrogen-bond donors (Lipinski definition) is 2. The number of rotatable bonds is 8. The Labute approximate surface area is 204 Å². The van der Waals surface area contributed by atoms with Crippen LogP contribution in [-0.4, -0.2) is 33.3 Å². The summed E-state index contributed by atoms with van der Waals surface area (Å²) in [7, 11) is -3.85. The summed E-state index contributed by atoms with van der Waals surface area (Å²) in [6, 6.07) is 17.2. The second-order valence-corrected chi connectivity index (χ2v) is 10.2. The first-order valence-electron chi connectivity index (χ1n) is 11.3. The molecular weight excluding hydrogens is 469 g/mol. The number of amides is 2. The Morgan fingerprint density at radius 2 is 1.74 bits per heavy atom. The standard InChI is InChI=1S/C26H26FN3O4S/c1-18-4-13-23(35(33,34)28-15-14-19-5-7-20(27)8-6-19)17-24(18)26(32)29-21-9-11-22(12-10-21)30-16-2-3-25(30)31/h4-13,17,28H,2-3,14-16H2,1H3,(H,29,32). The van der Waals surface area contributed by atoms with E-state index in [9.17, 15) is 22.4 Å². The van der Waals surface area contributed by atoms with Gasteiger partial charge >= 0.3 is 0 Å². The molecule has 0 spiro atoms. The quantitative estimate of drug-likeness (QED) is 0.493. The third-order valence-electron chi connectivity index (χ3n) is 5.89. The van der Waals surface area contributed by atoms with Crippen LogP contribution in [0.15, 0.2) is 71.6 Å². The Hall–Kier alpha value is -3.56. The average Bonchev–Trinajstić information content (AvgIpc) is 3.26. The summed E-state index contributed by atoms with van der Waals surface area (Å²) in [5.74, 6) is -0.699. The van der Waals surface area contributed by atoms with Gasteiger partial charge in [-0.15, -0.1) is 0 Å². The molecule has 9 heteroatoms. The van der Waals surface area contributed by atoms with Gasteiger partial charge in [-0.05, 0) is 79.4 Å². The maximum atomic E-state index is 13.0. The molecule has 0 aliphatic carbocycles. The molecule has 3 aromatic carbocycles. The van der Waals surface area contributed by atoms with Crippen molar-refractivity contribution in [2.45, 2.75) is 31.1 Å². The molecule has 2 N–H and O–H groups in total.